The zero-order chi connectivity index (χ0) is 9.52. The van der Waals surface area contributed by atoms with E-state index in [2.05, 4.69) is 24.4 Å². The second kappa shape index (κ2) is 6.13. The van der Waals surface area contributed by atoms with Crippen LogP contribution in [-0.4, -0.2) is 13.7 Å². The van der Waals surface area contributed by atoms with Crippen molar-refractivity contribution < 1.29 is 4.74 Å². The Morgan fingerprint density at radius 1 is 1.38 bits per heavy atom. The predicted molar refractivity (Wildman–Crippen MR) is 57.0 cm³/mol. The van der Waals surface area contributed by atoms with Crippen LogP contribution in [0.15, 0.2) is 12.1 Å². The second-order valence-corrected chi connectivity index (χ2v) is 4.23. The third-order valence-electron chi connectivity index (χ3n) is 1.73. The van der Waals surface area contributed by atoms with E-state index in [-0.39, 0.29) is 0 Å². The van der Waals surface area contributed by atoms with Crippen LogP contribution in [0.4, 0.5) is 0 Å². The van der Waals surface area contributed by atoms with Gasteiger partial charge in [-0.2, -0.15) is 0 Å². The van der Waals surface area contributed by atoms with E-state index < -0.39 is 0 Å². The fourth-order valence-corrected chi connectivity index (χ4v) is 2.09. The quantitative estimate of drug-likeness (QED) is 0.710. The number of methoxy groups -OCH3 is 1. The Kier molecular flexibility index (Phi) is 5.05. The molecule has 0 aliphatic heterocycles. The van der Waals surface area contributed by atoms with Gasteiger partial charge in [0.2, 0.25) is 0 Å². The van der Waals surface area contributed by atoms with Crippen LogP contribution < -0.4 is 5.32 Å². The van der Waals surface area contributed by atoms with Crippen LogP contribution in [-0.2, 0) is 17.9 Å². The van der Waals surface area contributed by atoms with Gasteiger partial charge in [-0.25, -0.2) is 0 Å². The fourth-order valence-electron chi connectivity index (χ4n) is 1.13. The van der Waals surface area contributed by atoms with Gasteiger partial charge in [-0.05, 0) is 25.1 Å². The van der Waals surface area contributed by atoms with E-state index >= 15 is 0 Å². The minimum Gasteiger partial charge on any atom is -0.379 e. The fraction of sp³-hybridized carbons (Fsp3) is 0.600. The molecule has 1 aromatic heterocycles. The molecule has 3 heteroatoms. The molecule has 0 atom stereocenters. The third-order valence-corrected chi connectivity index (χ3v) is 2.79. The lowest BCUT2D eigenvalue weighted by atomic mass is 10.4. The standard InChI is InChI=1S/C10H17NOS/c1-3-6-11-7-9-4-5-10(13-9)8-12-2/h4-5,11H,3,6-8H2,1-2H3. The summed E-state index contributed by atoms with van der Waals surface area (Å²) in [4.78, 5) is 2.69. The zero-order valence-electron chi connectivity index (χ0n) is 8.30. The highest BCUT2D eigenvalue weighted by Gasteiger charge is 1.98. The van der Waals surface area contributed by atoms with Crippen molar-refractivity contribution in [2.24, 2.45) is 0 Å². The number of ether oxygens (including phenoxy) is 1. The lowest BCUT2D eigenvalue weighted by Crippen LogP contribution is -2.12. The molecule has 1 heterocycles. The molecule has 0 aliphatic carbocycles. The van der Waals surface area contributed by atoms with Gasteiger partial charge in [0.15, 0.2) is 0 Å². The van der Waals surface area contributed by atoms with E-state index in [1.165, 1.54) is 16.2 Å². The van der Waals surface area contributed by atoms with Crippen molar-refractivity contribution in [2.75, 3.05) is 13.7 Å². The number of rotatable bonds is 6. The Hall–Kier alpha value is -0.380. The summed E-state index contributed by atoms with van der Waals surface area (Å²) in [6.45, 7) is 5.00. The van der Waals surface area contributed by atoms with Crippen LogP contribution in [0.1, 0.15) is 23.1 Å². The number of nitrogens with one attached hydrogen (secondary N) is 1. The molecule has 0 aromatic carbocycles. The molecule has 0 bridgehead atoms. The highest BCUT2D eigenvalue weighted by Crippen LogP contribution is 2.16. The summed E-state index contributed by atoms with van der Waals surface area (Å²) < 4.78 is 5.06. The molecule has 0 amide bonds. The maximum absolute atomic E-state index is 5.06. The molecule has 1 aromatic rings. The lowest BCUT2D eigenvalue weighted by Gasteiger charge is -1.98. The first-order chi connectivity index (χ1) is 6.36. The third kappa shape index (κ3) is 3.89. The molecule has 0 spiro atoms. The van der Waals surface area contributed by atoms with Gasteiger partial charge in [-0.1, -0.05) is 6.92 Å². The minimum atomic E-state index is 0.735. The summed E-state index contributed by atoms with van der Waals surface area (Å²) in [5.41, 5.74) is 0. The molecule has 0 fully saturated rings. The highest BCUT2D eigenvalue weighted by molar-refractivity contribution is 7.11. The molecule has 0 aliphatic rings. The smallest absolute Gasteiger partial charge is 0.0805 e. The van der Waals surface area contributed by atoms with Crippen molar-refractivity contribution in [3.8, 4) is 0 Å². The van der Waals surface area contributed by atoms with Crippen LogP contribution in [0.25, 0.3) is 0 Å². The first-order valence-corrected chi connectivity index (χ1v) is 5.45. The Labute approximate surface area is 83.9 Å². The molecule has 74 valence electrons. The van der Waals surface area contributed by atoms with Crippen LogP contribution in [0, 0.1) is 0 Å². The Morgan fingerprint density at radius 2 is 2.15 bits per heavy atom. The van der Waals surface area contributed by atoms with Crippen molar-refractivity contribution in [3.63, 3.8) is 0 Å². The van der Waals surface area contributed by atoms with Gasteiger partial charge in [-0.15, -0.1) is 11.3 Å². The van der Waals surface area contributed by atoms with Gasteiger partial charge in [0.1, 0.15) is 0 Å². The molecule has 0 saturated carbocycles. The van der Waals surface area contributed by atoms with Gasteiger partial charge in [0, 0.05) is 23.4 Å². The second-order valence-electron chi connectivity index (χ2n) is 2.98. The SMILES string of the molecule is CCCNCc1ccc(COC)s1. The summed E-state index contributed by atoms with van der Waals surface area (Å²) in [6, 6.07) is 4.30. The van der Waals surface area contributed by atoms with Crippen molar-refractivity contribution in [3.05, 3.63) is 21.9 Å². The summed E-state index contributed by atoms with van der Waals surface area (Å²) >= 11 is 1.82. The average molecular weight is 199 g/mol. The van der Waals surface area contributed by atoms with Gasteiger partial charge < -0.3 is 10.1 Å². The van der Waals surface area contributed by atoms with E-state index in [0.717, 1.165) is 19.7 Å². The molecule has 0 unspecified atom stereocenters. The van der Waals surface area contributed by atoms with E-state index in [0.29, 0.717) is 0 Å². The van der Waals surface area contributed by atoms with E-state index in [9.17, 15) is 0 Å². The first kappa shape index (κ1) is 10.7. The zero-order valence-corrected chi connectivity index (χ0v) is 9.12. The number of hydrogen-bond donors (Lipinski definition) is 1. The Balaban J connectivity index is 2.31. The summed E-state index contributed by atoms with van der Waals surface area (Å²) in [7, 11) is 1.73. The maximum Gasteiger partial charge on any atom is 0.0805 e. The van der Waals surface area contributed by atoms with Crippen molar-refractivity contribution in [2.45, 2.75) is 26.5 Å². The van der Waals surface area contributed by atoms with Crippen LogP contribution >= 0.6 is 11.3 Å². The topological polar surface area (TPSA) is 21.3 Å². The first-order valence-electron chi connectivity index (χ1n) is 4.64. The van der Waals surface area contributed by atoms with Crippen LogP contribution in [0.3, 0.4) is 0 Å². The molecular weight excluding hydrogens is 182 g/mol. The minimum absolute atomic E-state index is 0.735. The molecule has 1 N–H and O–H groups in total. The van der Waals surface area contributed by atoms with Gasteiger partial charge >= 0.3 is 0 Å². The average Bonchev–Trinajstić information content (AvgIpc) is 2.54. The van der Waals surface area contributed by atoms with Crippen molar-refractivity contribution in [1.29, 1.82) is 0 Å². The molecule has 0 saturated heterocycles. The summed E-state index contributed by atoms with van der Waals surface area (Å²) in [5.74, 6) is 0. The Bertz CT molecular complexity index is 235. The maximum atomic E-state index is 5.06. The van der Waals surface area contributed by atoms with Crippen molar-refractivity contribution in [1.82, 2.24) is 5.32 Å². The Morgan fingerprint density at radius 3 is 2.85 bits per heavy atom. The molecule has 2 nitrogen and oxygen atoms in total. The monoisotopic (exact) mass is 199 g/mol. The van der Waals surface area contributed by atoms with Crippen LogP contribution in [0.2, 0.25) is 0 Å². The van der Waals surface area contributed by atoms with E-state index in [1.54, 1.807) is 7.11 Å². The van der Waals surface area contributed by atoms with Gasteiger partial charge in [-0.3, -0.25) is 0 Å². The lowest BCUT2D eigenvalue weighted by molar-refractivity contribution is 0.187. The molecule has 13 heavy (non-hydrogen) atoms. The van der Waals surface area contributed by atoms with Crippen LogP contribution in [0.5, 0.6) is 0 Å². The van der Waals surface area contributed by atoms with E-state index in [4.69, 9.17) is 4.74 Å². The molecule has 0 radical (unpaired) electrons. The molecular formula is C10H17NOS. The largest absolute Gasteiger partial charge is 0.379 e. The molecule has 1 rings (SSSR count). The van der Waals surface area contributed by atoms with Crippen molar-refractivity contribution >= 4 is 11.3 Å². The highest BCUT2D eigenvalue weighted by atomic mass is 32.1. The van der Waals surface area contributed by atoms with Gasteiger partial charge in [0.25, 0.3) is 0 Å². The van der Waals surface area contributed by atoms with E-state index in [1.807, 2.05) is 11.3 Å². The summed E-state index contributed by atoms with van der Waals surface area (Å²) in [6.07, 6.45) is 1.19. The number of hydrogen-bond acceptors (Lipinski definition) is 3. The number of thiophene rings is 1. The predicted octanol–water partition coefficient (Wildman–Crippen LogP) is 2.39. The van der Waals surface area contributed by atoms with Gasteiger partial charge in [0.05, 0.1) is 6.61 Å². The normalized spacial score (nSPS) is 10.6. The summed E-state index contributed by atoms with van der Waals surface area (Å²) in [5, 5.41) is 3.38.